The first kappa shape index (κ1) is 14.1. The summed E-state index contributed by atoms with van der Waals surface area (Å²) in [6.45, 7) is 6.24. The number of nitrogens with zero attached hydrogens (tertiary/aromatic N) is 1. The van der Waals surface area contributed by atoms with Crippen LogP contribution in [0.15, 0.2) is 36.4 Å². The van der Waals surface area contributed by atoms with Gasteiger partial charge in [-0.1, -0.05) is 35.9 Å². The predicted molar refractivity (Wildman–Crippen MR) is 81.7 cm³/mol. The fraction of sp³-hybridized carbons (Fsp3) is 0.267. The van der Waals surface area contributed by atoms with Crippen LogP contribution in [-0.2, 0) is 4.43 Å². The molecule has 0 aliphatic carbocycles. The Kier molecular flexibility index (Phi) is 3.95. The largest absolute Gasteiger partial charge is 0.399 e. The van der Waals surface area contributed by atoms with Crippen LogP contribution in [0, 0.1) is 11.3 Å². The summed E-state index contributed by atoms with van der Waals surface area (Å²) in [4.78, 5) is 0. The van der Waals surface area contributed by atoms with Crippen molar-refractivity contribution in [2.75, 3.05) is 0 Å². The molecule has 0 amide bonds. The lowest BCUT2D eigenvalue weighted by Gasteiger charge is -2.22. The molecular weight excluding hydrogens is 274 g/mol. The predicted octanol–water partition coefficient (Wildman–Crippen LogP) is 4.91. The summed E-state index contributed by atoms with van der Waals surface area (Å²) in [6.07, 6.45) is -0.533. The van der Waals surface area contributed by atoms with E-state index in [0.29, 0.717) is 5.02 Å². The third-order valence-corrected chi connectivity index (χ3v) is 3.93. The Morgan fingerprint density at radius 1 is 1.21 bits per heavy atom. The van der Waals surface area contributed by atoms with Crippen molar-refractivity contribution in [3.63, 3.8) is 0 Å². The van der Waals surface area contributed by atoms with Crippen LogP contribution in [0.1, 0.15) is 11.7 Å². The van der Waals surface area contributed by atoms with E-state index in [1.807, 2.05) is 36.4 Å². The van der Waals surface area contributed by atoms with Gasteiger partial charge >= 0.3 is 0 Å². The van der Waals surface area contributed by atoms with E-state index in [-0.39, 0.29) is 0 Å². The highest BCUT2D eigenvalue weighted by Gasteiger charge is 2.23. The maximum atomic E-state index is 9.39. The molecule has 2 aromatic rings. The van der Waals surface area contributed by atoms with Crippen molar-refractivity contribution in [3.05, 3.63) is 47.0 Å². The van der Waals surface area contributed by atoms with Crippen molar-refractivity contribution in [2.45, 2.75) is 25.7 Å². The van der Waals surface area contributed by atoms with E-state index in [0.717, 1.165) is 16.3 Å². The third kappa shape index (κ3) is 3.36. The monoisotopic (exact) mass is 289 g/mol. The molecule has 0 aromatic heterocycles. The molecule has 0 fully saturated rings. The molecular formula is C15H16ClNOSi. The molecule has 1 unspecified atom stereocenters. The van der Waals surface area contributed by atoms with Gasteiger partial charge in [0.1, 0.15) is 0 Å². The first-order chi connectivity index (χ1) is 8.90. The van der Waals surface area contributed by atoms with E-state index >= 15 is 0 Å². The van der Waals surface area contributed by atoms with Crippen molar-refractivity contribution in [1.29, 1.82) is 5.26 Å². The number of halogens is 1. The van der Waals surface area contributed by atoms with E-state index in [9.17, 15) is 5.26 Å². The Morgan fingerprint density at radius 2 is 1.95 bits per heavy atom. The first-order valence-electron chi connectivity index (χ1n) is 6.16. The molecule has 2 nitrogen and oxygen atoms in total. The smallest absolute Gasteiger partial charge is 0.186 e. The molecule has 2 aromatic carbocycles. The molecule has 0 spiro atoms. The van der Waals surface area contributed by atoms with E-state index in [1.54, 1.807) is 0 Å². The first-order valence-corrected chi connectivity index (χ1v) is 9.95. The van der Waals surface area contributed by atoms with Gasteiger partial charge in [0.25, 0.3) is 0 Å². The lowest BCUT2D eigenvalue weighted by Crippen LogP contribution is -2.27. The van der Waals surface area contributed by atoms with Crippen LogP contribution in [0.25, 0.3) is 10.8 Å². The molecule has 2 rings (SSSR count). The van der Waals surface area contributed by atoms with Gasteiger partial charge in [0, 0.05) is 10.6 Å². The lowest BCUT2D eigenvalue weighted by molar-refractivity contribution is 0.256. The van der Waals surface area contributed by atoms with E-state index < -0.39 is 14.4 Å². The van der Waals surface area contributed by atoms with Gasteiger partial charge in [-0.2, -0.15) is 5.26 Å². The number of hydrogen-bond acceptors (Lipinski definition) is 2. The van der Waals surface area contributed by atoms with Crippen LogP contribution in [0.4, 0.5) is 0 Å². The summed E-state index contributed by atoms with van der Waals surface area (Å²) in [5.41, 5.74) is 0.893. The Morgan fingerprint density at radius 3 is 2.58 bits per heavy atom. The number of hydrogen-bond donors (Lipinski definition) is 0. The number of fused-ring (bicyclic) bond motifs is 1. The van der Waals surface area contributed by atoms with Crippen molar-refractivity contribution in [1.82, 2.24) is 0 Å². The van der Waals surface area contributed by atoms with Gasteiger partial charge in [0.2, 0.25) is 0 Å². The molecule has 0 radical (unpaired) electrons. The fourth-order valence-electron chi connectivity index (χ4n) is 2.01. The minimum Gasteiger partial charge on any atom is -0.399 e. The van der Waals surface area contributed by atoms with Gasteiger partial charge < -0.3 is 4.43 Å². The van der Waals surface area contributed by atoms with Crippen LogP contribution in [0.3, 0.4) is 0 Å². The second kappa shape index (κ2) is 5.34. The Bertz CT molecular complexity index is 643. The highest BCUT2D eigenvalue weighted by atomic mass is 35.5. The quantitative estimate of drug-likeness (QED) is 0.752. The van der Waals surface area contributed by atoms with E-state index in [4.69, 9.17) is 16.0 Å². The molecule has 0 N–H and O–H groups in total. The average molecular weight is 290 g/mol. The molecule has 19 heavy (non-hydrogen) atoms. The SMILES string of the molecule is C[Si](C)(C)OC(C#N)c1cccc2ccc(Cl)cc12. The van der Waals surface area contributed by atoms with E-state index in [1.165, 1.54) is 0 Å². The second-order valence-electron chi connectivity index (χ2n) is 5.45. The summed E-state index contributed by atoms with van der Waals surface area (Å²) >= 11 is 6.06. The normalized spacial score (nSPS) is 13.2. The zero-order valence-electron chi connectivity index (χ0n) is 11.3. The summed E-state index contributed by atoms with van der Waals surface area (Å²) in [5.74, 6) is 0. The lowest BCUT2D eigenvalue weighted by atomic mass is 10.0. The molecule has 0 saturated carbocycles. The Labute approximate surface area is 119 Å². The topological polar surface area (TPSA) is 33.0 Å². The standard InChI is InChI=1S/C15H16ClNOSi/c1-19(2,3)18-15(10-17)13-6-4-5-11-7-8-12(16)9-14(11)13/h4-9,15H,1-3H3. The van der Waals surface area contributed by atoms with Gasteiger partial charge in [-0.15, -0.1) is 0 Å². The maximum absolute atomic E-state index is 9.39. The van der Waals surface area contributed by atoms with Crippen molar-refractivity contribution in [2.24, 2.45) is 0 Å². The fourth-order valence-corrected chi connectivity index (χ4v) is 3.07. The highest BCUT2D eigenvalue weighted by Crippen LogP contribution is 2.30. The van der Waals surface area contributed by atoms with Crippen LogP contribution < -0.4 is 0 Å². The molecule has 0 heterocycles. The van der Waals surface area contributed by atoms with Crippen LogP contribution >= 0.6 is 11.6 Å². The molecule has 0 aliphatic heterocycles. The average Bonchev–Trinajstić information content (AvgIpc) is 2.34. The van der Waals surface area contributed by atoms with Crippen molar-refractivity contribution >= 4 is 30.7 Å². The van der Waals surface area contributed by atoms with E-state index in [2.05, 4.69) is 25.7 Å². The second-order valence-corrected chi connectivity index (χ2v) is 10.3. The highest BCUT2D eigenvalue weighted by molar-refractivity contribution is 6.69. The molecule has 1 atom stereocenters. The van der Waals surface area contributed by atoms with Gasteiger partial charge in [-0.3, -0.25) is 0 Å². The summed E-state index contributed by atoms with van der Waals surface area (Å²) in [7, 11) is -1.78. The molecule has 98 valence electrons. The third-order valence-electron chi connectivity index (χ3n) is 2.75. The van der Waals surface area contributed by atoms with Crippen LogP contribution in [0.2, 0.25) is 24.7 Å². The van der Waals surface area contributed by atoms with Gasteiger partial charge in [0.05, 0.1) is 6.07 Å². The maximum Gasteiger partial charge on any atom is 0.186 e. The molecule has 0 saturated heterocycles. The van der Waals surface area contributed by atoms with Crippen molar-refractivity contribution < 1.29 is 4.43 Å². The zero-order chi connectivity index (χ0) is 14.0. The Hall–Kier alpha value is -1.34. The zero-order valence-corrected chi connectivity index (χ0v) is 13.0. The van der Waals surface area contributed by atoms with Crippen LogP contribution in [-0.4, -0.2) is 8.32 Å². The Balaban J connectivity index is 2.55. The van der Waals surface area contributed by atoms with Crippen LogP contribution in [0.5, 0.6) is 0 Å². The number of rotatable bonds is 3. The van der Waals surface area contributed by atoms with Gasteiger partial charge in [0.15, 0.2) is 14.4 Å². The number of benzene rings is 2. The minimum absolute atomic E-state index is 0.533. The molecule has 4 heteroatoms. The summed E-state index contributed by atoms with van der Waals surface area (Å²) < 4.78 is 5.96. The molecule has 0 aliphatic rings. The summed E-state index contributed by atoms with van der Waals surface area (Å²) in [5, 5.41) is 12.1. The number of nitriles is 1. The van der Waals surface area contributed by atoms with Gasteiger partial charge in [-0.05, 0) is 42.5 Å². The minimum atomic E-state index is -1.78. The molecule has 0 bridgehead atoms. The van der Waals surface area contributed by atoms with Crippen molar-refractivity contribution in [3.8, 4) is 6.07 Å². The van der Waals surface area contributed by atoms with Gasteiger partial charge in [-0.25, -0.2) is 0 Å². The summed E-state index contributed by atoms with van der Waals surface area (Å²) in [6, 6.07) is 13.9.